The Kier molecular flexibility index (Phi) is 6.04. The Balaban J connectivity index is 2.01. The van der Waals surface area contributed by atoms with Crippen molar-refractivity contribution in [2.75, 3.05) is 4.90 Å². The van der Waals surface area contributed by atoms with Gasteiger partial charge in [0, 0.05) is 0 Å². The number of halogens is 6. The van der Waals surface area contributed by atoms with E-state index in [2.05, 4.69) is 0 Å². The molecule has 1 aromatic rings. The number of alkyl halides is 6. The fraction of sp³-hybridized carbons (Fsp3) is 0.647. The molecule has 0 bridgehead atoms. The predicted octanol–water partition coefficient (Wildman–Crippen LogP) is 6.44. The fourth-order valence-electron chi connectivity index (χ4n) is 3.36. The van der Waals surface area contributed by atoms with Gasteiger partial charge in [0.2, 0.25) is 0 Å². The van der Waals surface area contributed by atoms with Crippen LogP contribution in [0.2, 0.25) is 0 Å². The first-order valence-corrected chi connectivity index (χ1v) is 8.20. The molecule has 0 N–H and O–H groups in total. The minimum Gasteiger partial charge on any atom is -0.194 e. The van der Waals surface area contributed by atoms with Crippen LogP contribution >= 0.6 is 0 Å². The van der Waals surface area contributed by atoms with Crippen molar-refractivity contribution in [3.05, 3.63) is 29.8 Å². The van der Waals surface area contributed by atoms with Crippen LogP contribution in [0.5, 0.6) is 0 Å². The number of benzene rings is 1. The third-order valence-electron chi connectivity index (χ3n) is 4.48. The summed E-state index contributed by atoms with van der Waals surface area (Å²) >= 11 is 0. The van der Waals surface area contributed by atoms with E-state index in [1.807, 2.05) is 0 Å². The van der Waals surface area contributed by atoms with Gasteiger partial charge in [0.25, 0.3) is 0 Å². The molecule has 1 aliphatic carbocycles. The molecule has 2 rings (SSSR count). The highest BCUT2D eigenvalue weighted by atomic mass is 19.4. The van der Waals surface area contributed by atoms with Gasteiger partial charge in [-0.25, -0.2) is 0 Å². The summed E-state index contributed by atoms with van der Waals surface area (Å²) in [6.45, 7) is 0. The van der Waals surface area contributed by atoms with Gasteiger partial charge < -0.3 is 0 Å². The maximum atomic E-state index is 12.7. The molecule has 0 spiro atoms. The third-order valence-corrected chi connectivity index (χ3v) is 4.48. The van der Waals surface area contributed by atoms with Crippen molar-refractivity contribution in [3.8, 4) is 0 Å². The van der Waals surface area contributed by atoms with Gasteiger partial charge >= 0.3 is 12.6 Å². The van der Waals surface area contributed by atoms with E-state index < -0.39 is 23.2 Å². The summed E-state index contributed by atoms with van der Waals surface area (Å²) in [5.74, 6) is 0.642. The van der Waals surface area contributed by atoms with E-state index in [4.69, 9.17) is 0 Å². The summed E-state index contributed by atoms with van der Waals surface area (Å²) in [5, 5.41) is 0. The Morgan fingerprint density at radius 2 is 1.54 bits per heavy atom. The highest BCUT2D eigenvalue weighted by Crippen LogP contribution is 2.38. The lowest BCUT2D eigenvalue weighted by molar-refractivity contribution is -0.226. The molecule has 0 atom stereocenters. The summed E-state index contributed by atoms with van der Waals surface area (Å²) < 4.78 is 76.4. The van der Waals surface area contributed by atoms with Crippen molar-refractivity contribution in [3.63, 3.8) is 0 Å². The molecule has 0 saturated heterocycles. The maximum absolute atomic E-state index is 12.7. The summed E-state index contributed by atoms with van der Waals surface area (Å²) in [5.41, 5.74) is -0.382. The molecule has 0 aliphatic heterocycles. The number of hydrogen-bond acceptors (Lipinski definition) is 1. The molecule has 0 aromatic heterocycles. The number of aryl methyl sites for hydroxylation is 1. The van der Waals surface area contributed by atoms with E-state index >= 15 is 0 Å². The highest BCUT2D eigenvalue weighted by Gasteiger charge is 2.53. The molecule has 136 valence electrons. The van der Waals surface area contributed by atoms with Crippen molar-refractivity contribution in [1.29, 1.82) is 0 Å². The molecule has 0 radical (unpaired) electrons. The Hall–Kier alpha value is -1.40. The third kappa shape index (κ3) is 5.31. The minimum absolute atomic E-state index is 0.494. The normalized spacial score (nSPS) is 17.1. The van der Waals surface area contributed by atoms with E-state index in [0.29, 0.717) is 17.9 Å². The topological polar surface area (TPSA) is 3.24 Å². The number of anilines is 1. The quantitative estimate of drug-likeness (QED) is 0.435. The average Bonchev–Trinajstić information content (AvgIpc) is 2.46. The predicted molar refractivity (Wildman–Crippen MR) is 80.5 cm³/mol. The zero-order valence-electron chi connectivity index (χ0n) is 13.3. The van der Waals surface area contributed by atoms with Gasteiger partial charge in [0.05, 0.1) is 5.69 Å². The van der Waals surface area contributed by atoms with Gasteiger partial charge in [-0.1, -0.05) is 50.7 Å². The van der Waals surface area contributed by atoms with Gasteiger partial charge in [-0.15, -0.1) is 26.3 Å². The molecule has 24 heavy (non-hydrogen) atoms. The zero-order chi connectivity index (χ0) is 17.8. The Bertz CT molecular complexity index is 503. The molecule has 1 saturated carbocycles. The van der Waals surface area contributed by atoms with Crippen LogP contribution in [0.3, 0.4) is 0 Å². The average molecular weight is 353 g/mol. The van der Waals surface area contributed by atoms with Crippen molar-refractivity contribution < 1.29 is 26.3 Å². The Morgan fingerprint density at radius 1 is 0.917 bits per heavy atom. The largest absolute Gasteiger partial charge is 0.491 e. The highest BCUT2D eigenvalue weighted by molar-refractivity contribution is 5.50. The van der Waals surface area contributed by atoms with Crippen molar-refractivity contribution >= 4 is 5.69 Å². The van der Waals surface area contributed by atoms with E-state index in [1.54, 1.807) is 6.07 Å². The molecule has 1 aromatic carbocycles. The van der Waals surface area contributed by atoms with Gasteiger partial charge in [-0.2, -0.15) is 4.90 Å². The smallest absolute Gasteiger partial charge is 0.194 e. The summed E-state index contributed by atoms with van der Waals surface area (Å²) in [7, 11) is 0. The van der Waals surface area contributed by atoms with Crippen LogP contribution in [0.15, 0.2) is 24.3 Å². The van der Waals surface area contributed by atoms with Crippen LogP contribution in [0, 0.1) is 5.92 Å². The van der Waals surface area contributed by atoms with Crippen LogP contribution in [-0.4, -0.2) is 12.6 Å². The SMILES string of the molecule is FC(F)(F)N(c1cccc(CCCC2CCCCC2)c1)C(F)(F)F. The number of hydrogen-bond donors (Lipinski definition) is 0. The molecule has 0 heterocycles. The van der Waals surface area contributed by atoms with Crippen LogP contribution in [0.4, 0.5) is 32.0 Å². The van der Waals surface area contributed by atoms with Crippen LogP contribution in [0.25, 0.3) is 0 Å². The second-order valence-electron chi connectivity index (χ2n) is 6.34. The summed E-state index contributed by atoms with van der Waals surface area (Å²) in [6, 6.07) is 4.65. The molecule has 1 fully saturated rings. The lowest BCUT2D eigenvalue weighted by Crippen LogP contribution is -2.48. The van der Waals surface area contributed by atoms with Crippen LogP contribution in [-0.2, 0) is 6.42 Å². The van der Waals surface area contributed by atoms with Gasteiger partial charge in [0.1, 0.15) is 0 Å². The first-order chi connectivity index (χ1) is 11.2. The van der Waals surface area contributed by atoms with Gasteiger partial charge in [-0.05, 0) is 36.5 Å². The Morgan fingerprint density at radius 3 is 2.12 bits per heavy atom. The molecule has 0 unspecified atom stereocenters. The minimum atomic E-state index is -5.50. The first-order valence-electron chi connectivity index (χ1n) is 8.20. The molecular weight excluding hydrogens is 332 g/mol. The lowest BCUT2D eigenvalue weighted by atomic mass is 9.85. The van der Waals surface area contributed by atoms with E-state index in [0.717, 1.165) is 25.0 Å². The van der Waals surface area contributed by atoms with Crippen molar-refractivity contribution in [2.24, 2.45) is 5.92 Å². The Labute approximate surface area is 137 Å². The number of nitrogens with zero attached hydrogens (tertiary/aromatic N) is 1. The standard InChI is InChI=1S/C17H21F6N/c18-16(19,20)24(17(21,22)23)15-11-5-10-14(12-15)9-4-8-13-6-2-1-3-7-13/h5,10-13H,1-4,6-9H2. The van der Waals surface area contributed by atoms with Crippen LogP contribution in [0.1, 0.15) is 50.5 Å². The lowest BCUT2D eigenvalue weighted by Gasteiger charge is -2.29. The molecule has 0 amide bonds. The summed E-state index contributed by atoms with van der Waals surface area (Å²) in [4.78, 5) is -1.44. The van der Waals surface area contributed by atoms with Gasteiger partial charge in [0.15, 0.2) is 0 Å². The number of rotatable bonds is 5. The van der Waals surface area contributed by atoms with Gasteiger partial charge in [-0.3, -0.25) is 0 Å². The molecule has 7 heteroatoms. The molecular formula is C17H21F6N. The zero-order valence-corrected chi connectivity index (χ0v) is 13.3. The monoisotopic (exact) mass is 353 g/mol. The van der Waals surface area contributed by atoms with Crippen LogP contribution < -0.4 is 4.90 Å². The first kappa shape index (κ1) is 18.9. The summed E-state index contributed by atoms with van der Waals surface area (Å²) in [6.07, 6.45) is -2.71. The van der Waals surface area contributed by atoms with E-state index in [1.165, 1.54) is 38.2 Å². The van der Waals surface area contributed by atoms with Crippen molar-refractivity contribution in [1.82, 2.24) is 0 Å². The second kappa shape index (κ2) is 7.66. The molecule has 1 nitrogen and oxygen atoms in total. The van der Waals surface area contributed by atoms with E-state index in [-0.39, 0.29) is 0 Å². The second-order valence-corrected chi connectivity index (χ2v) is 6.34. The molecule has 1 aliphatic rings. The van der Waals surface area contributed by atoms with Crippen molar-refractivity contribution in [2.45, 2.75) is 64.0 Å². The fourth-order valence-corrected chi connectivity index (χ4v) is 3.36. The van der Waals surface area contributed by atoms with E-state index in [9.17, 15) is 26.3 Å². The maximum Gasteiger partial charge on any atom is 0.491 e.